The quantitative estimate of drug-likeness (QED) is 0.394. The first-order valence-corrected chi connectivity index (χ1v) is 10.9. The third-order valence-corrected chi connectivity index (χ3v) is 5.35. The Morgan fingerprint density at radius 1 is 0.879 bits per heavy atom. The summed E-state index contributed by atoms with van der Waals surface area (Å²) >= 11 is 0. The maximum atomic E-state index is 13.0. The molecule has 0 aromatic heterocycles. The maximum Gasteiger partial charge on any atom is 0.318 e. The number of carbonyl (C=O) groups excluding carboxylic acids is 3. The van der Waals surface area contributed by atoms with Crippen molar-refractivity contribution in [2.75, 3.05) is 11.9 Å². The van der Waals surface area contributed by atoms with Crippen LogP contribution >= 0.6 is 0 Å². The summed E-state index contributed by atoms with van der Waals surface area (Å²) in [4.78, 5) is 37.6. The van der Waals surface area contributed by atoms with Crippen molar-refractivity contribution in [3.05, 3.63) is 89.5 Å². The van der Waals surface area contributed by atoms with Gasteiger partial charge in [-0.15, -0.1) is 0 Å². The molecule has 1 aliphatic heterocycles. The number of fused-ring (bicyclic) bond motifs is 2. The summed E-state index contributed by atoms with van der Waals surface area (Å²) in [6.07, 6.45) is 0.426. The molecule has 0 unspecified atom stereocenters. The second-order valence-electron chi connectivity index (χ2n) is 8.37. The lowest BCUT2D eigenvalue weighted by molar-refractivity contribution is -0.143. The molecular formula is C27H25NO5. The van der Waals surface area contributed by atoms with E-state index in [1.807, 2.05) is 50.2 Å². The Balaban J connectivity index is 1.42. The van der Waals surface area contributed by atoms with Gasteiger partial charge in [0.15, 0.2) is 12.4 Å². The highest BCUT2D eigenvalue weighted by atomic mass is 16.5. The highest BCUT2D eigenvalue weighted by molar-refractivity contribution is 5.99. The van der Waals surface area contributed by atoms with Crippen LogP contribution in [0.15, 0.2) is 72.8 Å². The van der Waals surface area contributed by atoms with E-state index in [1.165, 1.54) is 0 Å². The summed E-state index contributed by atoms with van der Waals surface area (Å²) in [7, 11) is 0. The number of ether oxygens (including phenoxy) is 2. The average Bonchev–Trinajstić information content (AvgIpc) is 2.80. The van der Waals surface area contributed by atoms with Crippen molar-refractivity contribution in [1.82, 2.24) is 0 Å². The number of esters is 1. The molecule has 0 atom stereocenters. The molecule has 6 heteroatoms. The number of para-hydroxylation sites is 2. The van der Waals surface area contributed by atoms with Crippen molar-refractivity contribution < 1.29 is 23.9 Å². The number of amides is 1. The number of nitrogens with one attached hydrogen (secondary N) is 1. The largest absolute Gasteiger partial charge is 0.457 e. The van der Waals surface area contributed by atoms with Gasteiger partial charge in [0.2, 0.25) is 5.91 Å². The Hall–Kier alpha value is -3.93. The van der Waals surface area contributed by atoms with Gasteiger partial charge in [0.25, 0.3) is 0 Å². The first-order valence-electron chi connectivity index (χ1n) is 10.9. The van der Waals surface area contributed by atoms with Crippen molar-refractivity contribution in [1.29, 1.82) is 0 Å². The standard InChI is InChI=1S/C27H25NO5/c1-17(2)15-25(30)28-19-13-11-18(12-14-19)22(29)16-32-27(31)26-20-7-3-5-9-23(20)33-24-10-6-4-8-21(24)26/h3-14,17,26H,15-16H2,1-2H3,(H,28,30). The second kappa shape index (κ2) is 9.69. The normalized spacial score (nSPS) is 12.3. The summed E-state index contributed by atoms with van der Waals surface area (Å²) in [5.41, 5.74) is 2.42. The van der Waals surface area contributed by atoms with Gasteiger partial charge in [-0.2, -0.15) is 0 Å². The van der Waals surface area contributed by atoms with Crippen LogP contribution < -0.4 is 10.1 Å². The lowest BCUT2D eigenvalue weighted by atomic mass is 9.88. The van der Waals surface area contributed by atoms with Crippen LogP contribution in [0, 0.1) is 5.92 Å². The molecule has 0 spiro atoms. The average molecular weight is 443 g/mol. The fourth-order valence-electron chi connectivity index (χ4n) is 3.79. The molecule has 3 aromatic carbocycles. The molecule has 1 amide bonds. The molecule has 168 valence electrons. The summed E-state index contributed by atoms with van der Waals surface area (Å²) in [6, 6.07) is 21.2. The van der Waals surface area contributed by atoms with Gasteiger partial charge in [0, 0.05) is 28.8 Å². The van der Waals surface area contributed by atoms with Gasteiger partial charge in [-0.25, -0.2) is 0 Å². The molecule has 0 aliphatic carbocycles. The molecule has 0 saturated heterocycles. The Bertz CT molecular complexity index is 1140. The smallest absolute Gasteiger partial charge is 0.318 e. The third-order valence-electron chi connectivity index (χ3n) is 5.35. The van der Waals surface area contributed by atoms with Crippen molar-refractivity contribution in [2.45, 2.75) is 26.2 Å². The van der Waals surface area contributed by atoms with E-state index < -0.39 is 11.9 Å². The van der Waals surface area contributed by atoms with Crippen LogP contribution in [-0.4, -0.2) is 24.3 Å². The summed E-state index contributed by atoms with van der Waals surface area (Å²) in [5, 5.41) is 2.80. The minimum absolute atomic E-state index is 0.0740. The number of rotatable bonds is 7. The number of ketones is 1. The fraction of sp³-hybridized carbons (Fsp3) is 0.222. The van der Waals surface area contributed by atoms with Gasteiger partial charge < -0.3 is 14.8 Å². The zero-order valence-electron chi connectivity index (χ0n) is 18.5. The zero-order chi connectivity index (χ0) is 23.4. The minimum Gasteiger partial charge on any atom is -0.457 e. The lowest BCUT2D eigenvalue weighted by Crippen LogP contribution is -2.23. The predicted octanol–water partition coefficient (Wildman–Crippen LogP) is 5.33. The Morgan fingerprint density at radius 3 is 2.03 bits per heavy atom. The molecule has 1 N–H and O–H groups in total. The van der Waals surface area contributed by atoms with Gasteiger partial charge in [-0.3, -0.25) is 14.4 Å². The van der Waals surface area contributed by atoms with E-state index in [0.717, 1.165) is 0 Å². The van der Waals surface area contributed by atoms with Crippen molar-refractivity contribution in [3.8, 4) is 11.5 Å². The van der Waals surface area contributed by atoms with Gasteiger partial charge in [-0.1, -0.05) is 50.2 Å². The molecule has 0 bridgehead atoms. The molecular weight excluding hydrogens is 418 g/mol. The third kappa shape index (κ3) is 5.12. The van der Waals surface area contributed by atoms with Crippen LogP contribution in [0.4, 0.5) is 5.69 Å². The lowest BCUT2D eigenvalue weighted by Gasteiger charge is -2.26. The van der Waals surface area contributed by atoms with Gasteiger partial charge in [0.05, 0.1) is 0 Å². The van der Waals surface area contributed by atoms with E-state index in [-0.39, 0.29) is 24.2 Å². The minimum atomic E-state index is -0.669. The molecule has 6 nitrogen and oxygen atoms in total. The number of hydrogen-bond acceptors (Lipinski definition) is 5. The molecule has 33 heavy (non-hydrogen) atoms. The van der Waals surface area contributed by atoms with Crippen LogP contribution in [0.25, 0.3) is 0 Å². The van der Waals surface area contributed by atoms with Crippen molar-refractivity contribution in [2.24, 2.45) is 5.92 Å². The molecule has 0 saturated carbocycles. The summed E-state index contributed by atoms with van der Waals surface area (Å²) in [6.45, 7) is 3.57. The van der Waals surface area contributed by atoms with E-state index in [9.17, 15) is 14.4 Å². The monoisotopic (exact) mass is 443 g/mol. The highest BCUT2D eigenvalue weighted by Gasteiger charge is 2.33. The van der Waals surface area contributed by atoms with Gasteiger partial charge in [0.1, 0.15) is 17.4 Å². The number of benzene rings is 3. The first kappa shape index (κ1) is 22.3. The van der Waals surface area contributed by atoms with Crippen LogP contribution in [0.2, 0.25) is 0 Å². The highest BCUT2D eigenvalue weighted by Crippen LogP contribution is 2.44. The van der Waals surface area contributed by atoms with Crippen molar-refractivity contribution in [3.63, 3.8) is 0 Å². The van der Waals surface area contributed by atoms with Crippen LogP contribution in [-0.2, 0) is 14.3 Å². The molecule has 1 aliphatic rings. The van der Waals surface area contributed by atoms with E-state index in [2.05, 4.69) is 5.32 Å². The number of Topliss-reactive ketones (excluding diaryl/α,β-unsaturated/α-hetero) is 1. The Kier molecular flexibility index (Phi) is 6.54. The van der Waals surface area contributed by atoms with Gasteiger partial charge in [-0.05, 0) is 42.3 Å². The Labute approximate surface area is 192 Å². The van der Waals surface area contributed by atoms with E-state index in [4.69, 9.17) is 9.47 Å². The van der Waals surface area contributed by atoms with Crippen LogP contribution in [0.3, 0.4) is 0 Å². The molecule has 1 heterocycles. The zero-order valence-corrected chi connectivity index (χ0v) is 18.5. The van der Waals surface area contributed by atoms with Crippen LogP contribution in [0.1, 0.15) is 47.7 Å². The SMILES string of the molecule is CC(C)CC(=O)Nc1ccc(C(=O)COC(=O)C2c3ccccc3Oc3ccccc32)cc1. The molecule has 4 rings (SSSR count). The maximum absolute atomic E-state index is 13.0. The number of carbonyl (C=O) groups is 3. The second-order valence-corrected chi connectivity index (χ2v) is 8.37. The summed E-state index contributed by atoms with van der Waals surface area (Å²) < 4.78 is 11.3. The van der Waals surface area contributed by atoms with E-state index in [0.29, 0.717) is 40.3 Å². The van der Waals surface area contributed by atoms with E-state index >= 15 is 0 Å². The van der Waals surface area contributed by atoms with Crippen LogP contribution in [0.5, 0.6) is 11.5 Å². The topological polar surface area (TPSA) is 81.7 Å². The van der Waals surface area contributed by atoms with E-state index in [1.54, 1.807) is 36.4 Å². The molecule has 3 aromatic rings. The molecule has 0 radical (unpaired) electrons. The Morgan fingerprint density at radius 2 is 1.45 bits per heavy atom. The molecule has 0 fully saturated rings. The first-order chi connectivity index (χ1) is 15.9. The number of hydrogen-bond donors (Lipinski definition) is 1. The predicted molar refractivity (Wildman–Crippen MR) is 125 cm³/mol. The fourth-order valence-corrected chi connectivity index (χ4v) is 3.79. The van der Waals surface area contributed by atoms with Gasteiger partial charge >= 0.3 is 5.97 Å². The van der Waals surface area contributed by atoms with Crippen molar-refractivity contribution >= 4 is 23.3 Å². The summed E-state index contributed by atoms with van der Waals surface area (Å²) in [5.74, 6) is -0.122. The number of anilines is 1.